The van der Waals surface area contributed by atoms with Crippen molar-refractivity contribution in [2.45, 2.75) is 58.2 Å². The van der Waals surface area contributed by atoms with Crippen LogP contribution in [0.4, 0.5) is 0 Å². The quantitative estimate of drug-likeness (QED) is 0.856. The molecule has 0 radical (unpaired) electrons. The molecule has 4 nitrogen and oxygen atoms in total. The summed E-state index contributed by atoms with van der Waals surface area (Å²) in [5.74, 6) is 3.59. The number of morpholine rings is 1. The summed E-state index contributed by atoms with van der Waals surface area (Å²) in [4.78, 5) is 14.2. The molecule has 2 fully saturated rings. The van der Waals surface area contributed by atoms with Crippen molar-refractivity contribution in [3.8, 4) is 0 Å². The largest absolute Gasteiger partial charge is 0.466 e. The summed E-state index contributed by atoms with van der Waals surface area (Å²) in [6, 6.07) is 4.10. The number of amides is 1. The molecule has 0 aromatic carbocycles. The molecule has 4 atom stereocenters. The van der Waals surface area contributed by atoms with Crippen molar-refractivity contribution in [1.82, 2.24) is 4.90 Å². The number of carbonyl (C=O) groups is 1. The van der Waals surface area contributed by atoms with Crippen LogP contribution in [0.25, 0.3) is 0 Å². The van der Waals surface area contributed by atoms with Crippen LogP contribution in [0.2, 0.25) is 0 Å². The van der Waals surface area contributed by atoms with Crippen LogP contribution in [0.1, 0.15) is 51.1 Å². The van der Waals surface area contributed by atoms with E-state index in [4.69, 9.17) is 9.15 Å². The Morgan fingerprint density at radius 3 is 2.52 bits per heavy atom. The number of rotatable bonds is 4. The maximum absolute atomic E-state index is 12.3. The summed E-state index contributed by atoms with van der Waals surface area (Å²) in [5.41, 5.74) is 0. The fourth-order valence-corrected chi connectivity index (χ4v) is 3.22. The Hall–Kier alpha value is -1.29. The third-order valence-electron chi connectivity index (χ3n) is 4.51. The van der Waals surface area contributed by atoms with Crippen LogP contribution in [0.3, 0.4) is 0 Å². The minimum atomic E-state index is 0.129. The van der Waals surface area contributed by atoms with E-state index in [1.807, 2.05) is 24.8 Å². The van der Waals surface area contributed by atoms with Gasteiger partial charge in [0, 0.05) is 31.8 Å². The lowest BCUT2D eigenvalue weighted by molar-refractivity contribution is -0.143. The van der Waals surface area contributed by atoms with Crippen molar-refractivity contribution in [2.24, 2.45) is 5.92 Å². The molecule has 0 spiro atoms. The van der Waals surface area contributed by atoms with Gasteiger partial charge in [-0.2, -0.15) is 0 Å². The van der Waals surface area contributed by atoms with Crippen LogP contribution < -0.4 is 0 Å². The predicted molar refractivity (Wildman–Crippen MR) is 80.1 cm³/mol. The lowest BCUT2D eigenvalue weighted by Gasteiger charge is -2.35. The average Bonchev–Trinajstić information content (AvgIpc) is 2.98. The smallest absolute Gasteiger partial charge is 0.223 e. The second-order valence-corrected chi connectivity index (χ2v) is 6.68. The highest BCUT2D eigenvalue weighted by molar-refractivity contribution is 5.76. The molecule has 3 rings (SSSR count). The van der Waals surface area contributed by atoms with Crippen molar-refractivity contribution < 1.29 is 13.9 Å². The van der Waals surface area contributed by atoms with Crippen LogP contribution >= 0.6 is 0 Å². The number of nitrogens with zero attached hydrogens (tertiary/aromatic N) is 1. The monoisotopic (exact) mass is 291 g/mol. The summed E-state index contributed by atoms with van der Waals surface area (Å²) in [6.45, 7) is 7.69. The van der Waals surface area contributed by atoms with Gasteiger partial charge in [0.05, 0.1) is 12.2 Å². The Morgan fingerprint density at radius 1 is 1.24 bits per heavy atom. The number of carbonyl (C=O) groups excluding carboxylic acids is 1. The molecule has 4 unspecified atom stereocenters. The van der Waals surface area contributed by atoms with Crippen LogP contribution in [0.5, 0.6) is 0 Å². The SMILES string of the molecule is CC1CN(C(=O)CCc2ccc(C3CC3C)o2)CC(C)O1. The minimum absolute atomic E-state index is 0.129. The molecule has 1 amide bonds. The zero-order chi connectivity index (χ0) is 15.0. The molecule has 1 aliphatic heterocycles. The Balaban J connectivity index is 1.50. The number of furan rings is 1. The summed E-state index contributed by atoms with van der Waals surface area (Å²) in [6.07, 6.45) is 2.70. The molecule has 0 N–H and O–H groups in total. The molecular formula is C17H25NO3. The summed E-state index contributed by atoms with van der Waals surface area (Å²) in [5, 5.41) is 0. The van der Waals surface area contributed by atoms with E-state index in [1.165, 1.54) is 6.42 Å². The predicted octanol–water partition coefficient (Wildman–Crippen LogP) is 2.97. The van der Waals surface area contributed by atoms with Gasteiger partial charge in [0.1, 0.15) is 11.5 Å². The molecule has 2 heterocycles. The average molecular weight is 291 g/mol. The van der Waals surface area contributed by atoms with E-state index in [0.717, 1.165) is 17.4 Å². The molecule has 1 saturated carbocycles. The maximum Gasteiger partial charge on any atom is 0.223 e. The highest BCUT2D eigenvalue weighted by atomic mass is 16.5. The number of aryl methyl sites for hydroxylation is 1. The van der Waals surface area contributed by atoms with E-state index in [2.05, 4.69) is 13.0 Å². The van der Waals surface area contributed by atoms with Crippen molar-refractivity contribution in [3.63, 3.8) is 0 Å². The molecule has 0 bridgehead atoms. The van der Waals surface area contributed by atoms with Crippen molar-refractivity contribution >= 4 is 5.91 Å². The third-order valence-corrected chi connectivity index (χ3v) is 4.51. The van der Waals surface area contributed by atoms with Crippen LogP contribution in [-0.2, 0) is 16.0 Å². The zero-order valence-electron chi connectivity index (χ0n) is 13.2. The van der Waals surface area contributed by atoms with Crippen molar-refractivity contribution in [1.29, 1.82) is 0 Å². The summed E-state index contributed by atoms with van der Waals surface area (Å²) >= 11 is 0. The van der Waals surface area contributed by atoms with Crippen LogP contribution in [0, 0.1) is 5.92 Å². The Labute approximate surface area is 126 Å². The lowest BCUT2D eigenvalue weighted by atomic mass is 10.2. The second kappa shape index (κ2) is 5.84. The number of ether oxygens (including phenoxy) is 1. The molecule has 1 aliphatic carbocycles. The first-order valence-corrected chi connectivity index (χ1v) is 8.04. The molecule has 1 saturated heterocycles. The van der Waals surface area contributed by atoms with Gasteiger partial charge in [-0.25, -0.2) is 0 Å². The number of hydrogen-bond acceptors (Lipinski definition) is 3. The molecule has 4 heteroatoms. The first-order chi connectivity index (χ1) is 10.0. The van der Waals surface area contributed by atoms with E-state index in [9.17, 15) is 4.79 Å². The molecule has 116 valence electrons. The van der Waals surface area contributed by atoms with Gasteiger partial charge in [0.2, 0.25) is 5.91 Å². The number of hydrogen-bond donors (Lipinski definition) is 0. The van der Waals surface area contributed by atoms with Gasteiger partial charge in [0.15, 0.2) is 0 Å². The highest BCUT2D eigenvalue weighted by Gasteiger charge is 2.36. The fourth-order valence-electron chi connectivity index (χ4n) is 3.22. The normalized spacial score (nSPS) is 32.2. The summed E-state index contributed by atoms with van der Waals surface area (Å²) < 4.78 is 11.5. The van der Waals surface area contributed by atoms with Gasteiger partial charge in [0.25, 0.3) is 0 Å². The van der Waals surface area contributed by atoms with Gasteiger partial charge in [-0.1, -0.05) is 6.92 Å². The molecule has 1 aromatic rings. The Morgan fingerprint density at radius 2 is 1.90 bits per heavy atom. The fraction of sp³-hybridized carbons (Fsp3) is 0.706. The first kappa shape index (κ1) is 14.6. The van der Waals surface area contributed by atoms with Crippen LogP contribution in [0.15, 0.2) is 16.5 Å². The van der Waals surface area contributed by atoms with Gasteiger partial charge in [-0.3, -0.25) is 4.79 Å². The van der Waals surface area contributed by atoms with Gasteiger partial charge >= 0.3 is 0 Å². The van der Waals surface area contributed by atoms with Crippen LogP contribution in [-0.4, -0.2) is 36.1 Å². The van der Waals surface area contributed by atoms with E-state index in [-0.39, 0.29) is 18.1 Å². The Bertz CT molecular complexity index is 500. The first-order valence-electron chi connectivity index (χ1n) is 8.04. The standard InChI is InChI=1S/C17H25NO3/c1-11-8-15(11)16-6-4-14(21-16)5-7-17(19)18-9-12(2)20-13(3)10-18/h4,6,11-13,15H,5,7-10H2,1-3H3. The van der Waals surface area contributed by atoms with Gasteiger partial charge in [-0.05, 0) is 38.3 Å². The van der Waals surface area contributed by atoms with E-state index in [0.29, 0.717) is 31.8 Å². The minimum Gasteiger partial charge on any atom is -0.466 e. The maximum atomic E-state index is 12.3. The molecule has 21 heavy (non-hydrogen) atoms. The highest BCUT2D eigenvalue weighted by Crippen LogP contribution is 2.47. The molecule has 1 aromatic heterocycles. The molecular weight excluding hydrogens is 266 g/mol. The van der Waals surface area contributed by atoms with E-state index in [1.54, 1.807) is 0 Å². The lowest BCUT2D eigenvalue weighted by Crippen LogP contribution is -2.48. The topological polar surface area (TPSA) is 42.7 Å². The van der Waals surface area contributed by atoms with E-state index >= 15 is 0 Å². The third kappa shape index (κ3) is 3.49. The van der Waals surface area contributed by atoms with Crippen molar-refractivity contribution in [2.75, 3.05) is 13.1 Å². The van der Waals surface area contributed by atoms with Gasteiger partial charge in [-0.15, -0.1) is 0 Å². The Kier molecular flexibility index (Phi) is 4.07. The van der Waals surface area contributed by atoms with Gasteiger partial charge < -0.3 is 14.1 Å². The summed E-state index contributed by atoms with van der Waals surface area (Å²) in [7, 11) is 0. The second-order valence-electron chi connectivity index (χ2n) is 6.68. The van der Waals surface area contributed by atoms with E-state index < -0.39 is 0 Å². The van der Waals surface area contributed by atoms with Crippen molar-refractivity contribution in [3.05, 3.63) is 23.7 Å². The molecule has 2 aliphatic rings. The zero-order valence-corrected chi connectivity index (χ0v) is 13.2.